The first-order valence-electron chi connectivity index (χ1n) is 4.57. The molecule has 0 aromatic carbocycles. The Morgan fingerprint density at radius 3 is 2.85 bits per heavy atom. The molecule has 0 aliphatic carbocycles. The molecule has 4 nitrogen and oxygen atoms in total. The van der Waals surface area contributed by atoms with Gasteiger partial charge in [0, 0.05) is 32.3 Å². The van der Waals surface area contributed by atoms with Gasteiger partial charge in [0.15, 0.2) is 0 Å². The van der Waals surface area contributed by atoms with Crippen molar-refractivity contribution in [3.8, 4) is 0 Å². The van der Waals surface area contributed by atoms with Gasteiger partial charge in [0.1, 0.15) is 5.82 Å². The average Bonchev–Trinajstić information content (AvgIpc) is 2.60. The minimum atomic E-state index is -0.283. The Labute approximate surface area is 77.6 Å². The molecule has 2 N–H and O–H groups in total. The SMILES string of the molecule is Cc1nc(C2CNCC2O)cn1C. The number of aliphatic hydroxyl groups excluding tert-OH is 1. The van der Waals surface area contributed by atoms with Crippen LogP contribution < -0.4 is 5.32 Å². The second kappa shape index (κ2) is 3.12. The summed E-state index contributed by atoms with van der Waals surface area (Å²) in [6, 6.07) is 0. The number of nitrogens with zero attached hydrogens (tertiary/aromatic N) is 2. The zero-order chi connectivity index (χ0) is 9.42. The third-order valence-corrected chi connectivity index (χ3v) is 2.69. The van der Waals surface area contributed by atoms with Crippen LogP contribution in [0.4, 0.5) is 0 Å². The normalized spacial score (nSPS) is 28.2. The zero-order valence-corrected chi connectivity index (χ0v) is 7.99. The van der Waals surface area contributed by atoms with Gasteiger partial charge in [0.2, 0.25) is 0 Å². The summed E-state index contributed by atoms with van der Waals surface area (Å²) >= 11 is 0. The van der Waals surface area contributed by atoms with Crippen molar-refractivity contribution in [2.24, 2.45) is 7.05 Å². The number of rotatable bonds is 1. The molecular formula is C9H15N3O. The molecular weight excluding hydrogens is 166 g/mol. The maximum Gasteiger partial charge on any atom is 0.105 e. The number of nitrogens with one attached hydrogen (secondary N) is 1. The van der Waals surface area contributed by atoms with Crippen molar-refractivity contribution in [3.63, 3.8) is 0 Å². The van der Waals surface area contributed by atoms with Gasteiger partial charge in [-0.25, -0.2) is 4.98 Å². The van der Waals surface area contributed by atoms with Crippen LogP contribution in [0.2, 0.25) is 0 Å². The quantitative estimate of drug-likeness (QED) is 0.629. The summed E-state index contributed by atoms with van der Waals surface area (Å²) < 4.78 is 1.99. The first-order chi connectivity index (χ1) is 6.18. The summed E-state index contributed by atoms with van der Waals surface area (Å²) in [5.41, 5.74) is 0.998. The van der Waals surface area contributed by atoms with Crippen LogP contribution in [0.1, 0.15) is 17.4 Å². The van der Waals surface area contributed by atoms with E-state index in [0.717, 1.165) is 18.1 Å². The van der Waals surface area contributed by atoms with Gasteiger partial charge in [-0.2, -0.15) is 0 Å². The minimum absolute atomic E-state index is 0.167. The highest BCUT2D eigenvalue weighted by atomic mass is 16.3. The molecule has 4 heteroatoms. The summed E-state index contributed by atoms with van der Waals surface area (Å²) in [6.45, 7) is 3.48. The highest BCUT2D eigenvalue weighted by Gasteiger charge is 2.28. The molecule has 2 unspecified atom stereocenters. The van der Waals surface area contributed by atoms with Crippen molar-refractivity contribution >= 4 is 0 Å². The first kappa shape index (κ1) is 8.72. The molecule has 0 amide bonds. The lowest BCUT2D eigenvalue weighted by molar-refractivity contribution is 0.176. The van der Waals surface area contributed by atoms with Gasteiger partial charge in [0.25, 0.3) is 0 Å². The molecule has 2 rings (SSSR count). The molecule has 2 atom stereocenters. The minimum Gasteiger partial charge on any atom is -0.391 e. The lowest BCUT2D eigenvalue weighted by Gasteiger charge is -2.08. The topological polar surface area (TPSA) is 50.1 Å². The fourth-order valence-electron chi connectivity index (χ4n) is 1.73. The van der Waals surface area contributed by atoms with Gasteiger partial charge in [-0.05, 0) is 6.92 Å². The monoisotopic (exact) mass is 181 g/mol. The molecule has 0 bridgehead atoms. The molecule has 1 saturated heterocycles. The predicted octanol–water partition coefficient (Wildman–Crippen LogP) is -0.224. The molecule has 1 aromatic heterocycles. The van der Waals surface area contributed by atoms with Crippen LogP contribution in [0.3, 0.4) is 0 Å². The van der Waals surface area contributed by atoms with E-state index in [4.69, 9.17) is 0 Å². The molecule has 13 heavy (non-hydrogen) atoms. The number of aryl methyl sites for hydroxylation is 2. The Balaban J connectivity index is 2.24. The third-order valence-electron chi connectivity index (χ3n) is 2.69. The summed E-state index contributed by atoms with van der Waals surface area (Å²) in [5, 5.41) is 12.8. The summed E-state index contributed by atoms with van der Waals surface area (Å²) in [5.74, 6) is 1.16. The summed E-state index contributed by atoms with van der Waals surface area (Å²) in [4.78, 5) is 4.41. The second-order valence-electron chi connectivity index (χ2n) is 3.66. The van der Waals surface area contributed by atoms with Gasteiger partial charge in [0.05, 0.1) is 11.8 Å². The van der Waals surface area contributed by atoms with Crippen LogP contribution in [-0.2, 0) is 7.05 Å². The van der Waals surface area contributed by atoms with Crippen molar-refractivity contribution in [1.82, 2.24) is 14.9 Å². The van der Waals surface area contributed by atoms with Crippen molar-refractivity contribution in [1.29, 1.82) is 0 Å². The summed E-state index contributed by atoms with van der Waals surface area (Å²) in [7, 11) is 1.97. The average molecular weight is 181 g/mol. The number of hydrogen-bond acceptors (Lipinski definition) is 3. The first-order valence-corrected chi connectivity index (χ1v) is 4.57. The highest BCUT2D eigenvalue weighted by Crippen LogP contribution is 2.21. The number of aromatic nitrogens is 2. The van der Waals surface area contributed by atoms with E-state index in [9.17, 15) is 5.11 Å². The number of hydrogen-bond donors (Lipinski definition) is 2. The van der Waals surface area contributed by atoms with Crippen LogP contribution in [0, 0.1) is 6.92 Å². The van der Waals surface area contributed by atoms with Crippen LogP contribution in [-0.4, -0.2) is 33.9 Å². The fraction of sp³-hybridized carbons (Fsp3) is 0.667. The van der Waals surface area contributed by atoms with E-state index in [1.165, 1.54) is 0 Å². The Kier molecular flexibility index (Phi) is 2.09. The lowest BCUT2D eigenvalue weighted by Crippen LogP contribution is -2.16. The smallest absolute Gasteiger partial charge is 0.105 e. The second-order valence-corrected chi connectivity index (χ2v) is 3.66. The van der Waals surface area contributed by atoms with Crippen LogP contribution >= 0.6 is 0 Å². The molecule has 1 aliphatic rings. The maximum atomic E-state index is 9.63. The molecule has 1 aromatic rings. The third kappa shape index (κ3) is 1.47. The number of aliphatic hydroxyl groups is 1. The van der Waals surface area contributed by atoms with Gasteiger partial charge in [-0.3, -0.25) is 0 Å². The maximum absolute atomic E-state index is 9.63. The van der Waals surface area contributed by atoms with Crippen LogP contribution in [0.15, 0.2) is 6.20 Å². The Morgan fingerprint density at radius 2 is 2.38 bits per heavy atom. The Hall–Kier alpha value is -0.870. The van der Waals surface area contributed by atoms with Crippen molar-refractivity contribution in [2.75, 3.05) is 13.1 Å². The van der Waals surface area contributed by atoms with Crippen molar-refractivity contribution < 1.29 is 5.11 Å². The fourth-order valence-corrected chi connectivity index (χ4v) is 1.73. The molecule has 1 fully saturated rings. The van der Waals surface area contributed by atoms with E-state index >= 15 is 0 Å². The molecule has 72 valence electrons. The van der Waals surface area contributed by atoms with Crippen LogP contribution in [0.5, 0.6) is 0 Å². The Bertz CT molecular complexity index is 288. The number of β-amino-alcohol motifs (C(OH)–C–C–N with tert-alkyl or cyclic N) is 1. The molecule has 0 spiro atoms. The van der Waals surface area contributed by atoms with E-state index in [0.29, 0.717) is 6.54 Å². The molecule has 0 radical (unpaired) electrons. The largest absolute Gasteiger partial charge is 0.391 e. The van der Waals surface area contributed by atoms with E-state index in [2.05, 4.69) is 10.3 Å². The molecule has 2 heterocycles. The molecule has 0 saturated carbocycles. The number of imidazole rings is 1. The molecule has 1 aliphatic heterocycles. The zero-order valence-electron chi connectivity index (χ0n) is 7.99. The van der Waals surface area contributed by atoms with Crippen molar-refractivity contribution in [3.05, 3.63) is 17.7 Å². The van der Waals surface area contributed by atoms with Gasteiger partial charge in [-0.1, -0.05) is 0 Å². The van der Waals surface area contributed by atoms with E-state index in [1.807, 2.05) is 24.7 Å². The standard InChI is InChI=1S/C9H15N3O/c1-6-11-8(5-12(6)2)7-3-10-4-9(7)13/h5,7,9-10,13H,3-4H2,1-2H3. The van der Waals surface area contributed by atoms with Crippen LogP contribution in [0.25, 0.3) is 0 Å². The van der Waals surface area contributed by atoms with E-state index in [1.54, 1.807) is 0 Å². The Morgan fingerprint density at radius 1 is 1.62 bits per heavy atom. The van der Waals surface area contributed by atoms with Gasteiger partial charge >= 0.3 is 0 Å². The van der Waals surface area contributed by atoms with E-state index in [-0.39, 0.29) is 12.0 Å². The van der Waals surface area contributed by atoms with Crippen molar-refractivity contribution in [2.45, 2.75) is 18.9 Å². The highest BCUT2D eigenvalue weighted by molar-refractivity contribution is 5.13. The van der Waals surface area contributed by atoms with Gasteiger partial charge < -0.3 is 15.0 Å². The lowest BCUT2D eigenvalue weighted by atomic mass is 10.0. The van der Waals surface area contributed by atoms with Gasteiger partial charge in [-0.15, -0.1) is 0 Å². The predicted molar refractivity (Wildman–Crippen MR) is 49.6 cm³/mol. The van der Waals surface area contributed by atoms with E-state index < -0.39 is 0 Å². The summed E-state index contributed by atoms with van der Waals surface area (Å²) in [6.07, 6.45) is 1.71.